The Morgan fingerprint density at radius 3 is 2.59 bits per heavy atom. The molecule has 29 heavy (non-hydrogen) atoms. The largest absolute Gasteiger partial charge is 0.465 e. The Hall–Kier alpha value is -3.17. The summed E-state index contributed by atoms with van der Waals surface area (Å²) in [6.07, 6.45) is 0.459. The highest BCUT2D eigenvalue weighted by molar-refractivity contribution is 6.03. The second-order valence-electron chi connectivity index (χ2n) is 7.71. The minimum atomic E-state index is -1.17. The SMILES string of the molecule is Cc1c(C(=N)C[C@H](C)[C@H](C)NC(=O)O)c(F)cc2c(=O)n(N)c(=O)n(C3CC3)c12. The Labute approximate surface area is 165 Å². The highest BCUT2D eigenvalue weighted by atomic mass is 19.1. The lowest BCUT2D eigenvalue weighted by Crippen LogP contribution is -2.44. The molecule has 1 amide bonds. The van der Waals surface area contributed by atoms with Gasteiger partial charge < -0.3 is 21.7 Å². The van der Waals surface area contributed by atoms with Crippen LogP contribution in [0.15, 0.2) is 15.7 Å². The maximum atomic E-state index is 14.9. The topological polar surface area (TPSA) is 143 Å². The molecular weight excluding hydrogens is 381 g/mol. The average molecular weight is 405 g/mol. The Morgan fingerprint density at radius 1 is 1.41 bits per heavy atom. The highest BCUT2D eigenvalue weighted by Gasteiger charge is 2.30. The van der Waals surface area contributed by atoms with Crippen LogP contribution in [-0.2, 0) is 0 Å². The number of hydrogen-bond donors (Lipinski definition) is 4. The molecule has 1 aromatic carbocycles. The average Bonchev–Trinajstić information content (AvgIpc) is 3.45. The van der Waals surface area contributed by atoms with E-state index in [-0.39, 0.29) is 35.0 Å². The van der Waals surface area contributed by atoms with Crippen LogP contribution in [-0.4, -0.2) is 32.2 Å². The second-order valence-corrected chi connectivity index (χ2v) is 7.71. The van der Waals surface area contributed by atoms with Gasteiger partial charge in [0.05, 0.1) is 10.9 Å². The van der Waals surface area contributed by atoms with Gasteiger partial charge in [-0.15, -0.1) is 0 Å². The number of nitrogens with one attached hydrogen (secondary N) is 2. The summed E-state index contributed by atoms with van der Waals surface area (Å²) in [5.74, 6) is 4.59. The van der Waals surface area contributed by atoms with Gasteiger partial charge in [-0.2, -0.15) is 4.68 Å². The first-order valence-electron chi connectivity index (χ1n) is 9.37. The number of fused-ring (bicyclic) bond motifs is 1. The van der Waals surface area contributed by atoms with Gasteiger partial charge in [-0.05, 0) is 50.7 Å². The van der Waals surface area contributed by atoms with Crippen LogP contribution in [0, 0.1) is 24.1 Å². The van der Waals surface area contributed by atoms with Gasteiger partial charge >= 0.3 is 11.8 Å². The molecule has 1 aliphatic rings. The monoisotopic (exact) mass is 405 g/mol. The number of nitrogen functional groups attached to an aromatic ring is 1. The molecule has 156 valence electrons. The van der Waals surface area contributed by atoms with Gasteiger partial charge in [0, 0.05) is 23.4 Å². The zero-order chi connectivity index (χ0) is 21.6. The summed E-state index contributed by atoms with van der Waals surface area (Å²) in [4.78, 5) is 35.8. The van der Waals surface area contributed by atoms with Crippen LogP contribution in [0.2, 0.25) is 0 Å². The summed E-state index contributed by atoms with van der Waals surface area (Å²) in [5.41, 5.74) is -0.818. The van der Waals surface area contributed by atoms with E-state index in [1.807, 2.05) is 0 Å². The standard InChI is InChI=1S/C19H24FN5O4/c1-8(10(3)23-18(27)28)6-14(21)15-9(2)16-12(7-13(15)20)17(26)25(22)19(29)24(16)11-4-5-11/h7-8,10-11,21,23H,4-6,22H2,1-3H3,(H,27,28)/t8-,10-/m0/s1. The number of halogens is 1. The van der Waals surface area contributed by atoms with Crippen LogP contribution in [0.5, 0.6) is 0 Å². The van der Waals surface area contributed by atoms with E-state index in [9.17, 15) is 18.8 Å². The zero-order valence-corrected chi connectivity index (χ0v) is 16.5. The predicted molar refractivity (Wildman–Crippen MR) is 107 cm³/mol. The number of carbonyl (C=O) groups is 1. The van der Waals surface area contributed by atoms with Crippen LogP contribution < -0.4 is 22.4 Å². The van der Waals surface area contributed by atoms with E-state index >= 15 is 0 Å². The molecule has 0 bridgehead atoms. The van der Waals surface area contributed by atoms with E-state index in [2.05, 4.69) is 5.32 Å². The normalized spacial score (nSPS) is 15.9. The van der Waals surface area contributed by atoms with E-state index in [0.717, 1.165) is 18.9 Å². The summed E-state index contributed by atoms with van der Waals surface area (Å²) >= 11 is 0. The molecule has 1 aliphatic carbocycles. The van der Waals surface area contributed by atoms with Crippen LogP contribution in [0.25, 0.3) is 10.9 Å². The molecule has 9 nitrogen and oxygen atoms in total. The lowest BCUT2D eigenvalue weighted by atomic mass is 9.91. The van der Waals surface area contributed by atoms with E-state index in [4.69, 9.17) is 16.4 Å². The quantitative estimate of drug-likeness (QED) is 0.427. The molecule has 1 heterocycles. The minimum absolute atomic E-state index is 0.000453. The fraction of sp³-hybridized carbons (Fsp3) is 0.474. The summed E-state index contributed by atoms with van der Waals surface area (Å²) in [5, 5.41) is 19.6. The van der Waals surface area contributed by atoms with Crippen molar-refractivity contribution in [1.29, 1.82) is 5.41 Å². The number of hydrogen-bond acceptors (Lipinski definition) is 5. The number of rotatable bonds is 6. The van der Waals surface area contributed by atoms with Crippen molar-refractivity contribution in [3.63, 3.8) is 0 Å². The minimum Gasteiger partial charge on any atom is -0.465 e. The number of benzene rings is 1. The molecule has 2 atom stereocenters. The Balaban J connectivity index is 2.12. The van der Waals surface area contributed by atoms with Gasteiger partial charge in [0.15, 0.2) is 0 Å². The van der Waals surface area contributed by atoms with Gasteiger partial charge in [-0.1, -0.05) is 6.92 Å². The molecule has 1 aromatic heterocycles. The number of aromatic nitrogens is 2. The fourth-order valence-electron chi connectivity index (χ4n) is 3.65. The molecule has 0 saturated heterocycles. The van der Waals surface area contributed by atoms with Crippen molar-refractivity contribution in [1.82, 2.24) is 14.6 Å². The number of aryl methyl sites for hydroxylation is 1. The van der Waals surface area contributed by atoms with E-state index < -0.39 is 29.2 Å². The lowest BCUT2D eigenvalue weighted by molar-refractivity contribution is 0.187. The molecule has 2 aromatic rings. The number of nitrogens with two attached hydrogens (primary N) is 1. The lowest BCUT2D eigenvalue weighted by Gasteiger charge is -2.22. The van der Waals surface area contributed by atoms with Crippen molar-refractivity contribution >= 4 is 22.7 Å². The molecular formula is C19H24FN5O4. The van der Waals surface area contributed by atoms with Crippen LogP contribution in [0.4, 0.5) is 9.18 Å². The smallest absolute Gasteiger partial charge is 0.404 e. The van der Waals surface area contributed by atoms with Crippen molar-refractivity contribution < 1.29 is 14.3 Å². The van der Waals surface area contributed by atoms with Crippen LogP contribution >= 0.6 is 0 Å². The summed E-state index contributed by atoms with van der Waals surface area (Å²) in [6.45, 7) is 5.01. The van der Waals surface area contributed by atoms with E-state index in [1.165, 1.54) is 4.57 Å². The first-order chi connectivity index (χ1) is 13.5. The number of amides is 1. The Bertz CT molecular complexity index is 1130. The molecule has 0 radical (unpaired) electrons. The summed E-state index contributed by atoms with van der Waals surface area (Å²) < 4.78 is 16.8. The maximum absolute atomic E-state index is 14.9. The summed E-state index contributed by atoms with van der Waals surface area (Å²) in [7, 11) is 0. The van der Waals surface area contributed by atoms with Gasteiger partial charge in [-0.25, -0.2) is 14.0 Å². The molecule has 0 aliphatic heterocycles. The van der Waals surface area contributed by atoms with Crippen LogP contribution in [0.3, 0.4) is 0 Å². The van der Waals surface area contributed by atoms with Gasteiger partial charge in [0.1, 0.15) is 5.82 Å². The maximum Gasteiger partial charge on any atom is 0.404 e. The van der Waals surface area contributed by atoms with E-state index in [1.54, 1.807) is 20.8 Å². The summed E-state index contributed by atoms with van der Waals surface area (Å²) in [6, 6.07) is 0.482. The Kier molecular flexibility index (Phi) is 5.20. The Morgan fingerprint density at radius 2 is 2.03 bits per heavy atom. The first kappa shape index (κ1) is 20.6. The van der Waals surface area contributed by atoms with E-state index in [0.29, 0.717) is 15.8 Å². The van der Waals surface area contributed by atoms with Crippen molar-refractivity contribution in [3.05, 3.63) is 43.8 Å². The predicted octanol–water partition coefficient (Wildman–Crippen LogP) is 1.71. The number of nitrogens with zero attached hydrogens (tertiary/aromatic N) is 2. The van der Waals surface area contributed by atoms with Crippen molar-refractivity contribution in [2.75, 3.05) is 5.84 Å². The zero-order valence-electron chi connectivity index (χ0n) is 16.5. The molecule has 10 heteroatoms. The van der Waals surface area contributed by atoms with Gasteiger partial charge in [0.25, 0.3) is 5.56 Å². The van der Waals surface area contributed by atoms with Crippen molar-refractivity contribution in [3.8, 4) is 0 Å². The molecule has 1 saturated carbocycles. The third kappa shape index (κ3) is 3.62. The molecule has 0 unspecified atom stereocenters. The third-order valence-corrected chi connectivity index (χ3v) is 5.54. The second kappa shape index (κ2) is 7.34. The highest BCUT2D eigenvalue weighted by Crippen LogP contribution is 2.37. The molecule has 0 spiro atoms. The number of carboxylic acid groups (broad SMARTS) is 1. The fourth-order valence-corrected chi connectivity index (χ4v) is 3.65. The van der Waals surface area contributed by atoms with Gasteiger partial charge in [-0.3, -0.25) is 9.36 Å². The third-order valence-electron chi connectivity index (χ3n) is 5.54. The van der Waals surface area contributed by atoms with Crippen molar-refractivity contribution in [2.24, 2.45) is 5.92 Å². The first-order valence-corrected chi connectivity index (χ1v) is 9.37. The molecule has 1 fully saturated rings. The van der Waals surface area contributed by atoms with Crippen LogP contribution in [0.1, 0.15) is 50.3 Å². The molecule has 3 rings (SSSR count). The molecule has 5 N–H and O–H groups in total. The van der Waals surface area contributed by atoms with Crippen molar-refractivity contribution in [2.45, 2.75) is 52.1 Å². The van der Waals surface area contributed by atoms with Gasteiger partial charge in [0.2, 0.25) is 0 Å².